The van der Waals surface area contributed by atoms with Crippen molar-refractivity contribution in [2.24, 2.45) is 28.6 Å². The van der Waals surface area contributed by atoms with E-state index in [9.17, 15) is 5.11 Å². The van der Waals surface area contributed by atoms with Crippen molar-refractivity contribution in [1.82, 2.24) is 0 Å². The van der Waals surface area contributed by atoms with E-state index >= 15 is 0 Å². The molecule has 0 saturated heterocycles. The summed E-state index contributed by atoms with van der Waals surface area (Å²) in [5.74, 6) is 2.55. The average Bonchev–Trinajstić information content (AvgIpc) is 2.87. The summed E-state index contributed by atoms with van der Waals surface area (Å²) in [4.78, 5) is 0. The van der Waals surface area contributed by atoms with Gasteiger partial charge in [-0.3, -0.25) is 0 Å². The molecule has 0 aromatic rings. The van der Waals surface area contributed by atoms with Crippen LogP contribution in [0.15, 0.2) is 11.6 Å². The van der Waals surface area contributed by atoms with Crippen LogP contribution in [0.4, 0.5) is 0 Å². The van der Waals surface area contributed by atoms with Crippen LogP contribution in [-0.2, 0) is 0 Å². The summed E-state index contributed by atoms with van der Waals surface area (Å²) < 4.78 is 0. The maximum Gasteiger partial charge on any atom is 0.0493 e. The van der Waals surface area contributed by atoms with Crippen LogP contribution >= 0.6 is 0 Å². The SMILES string of the molecule is CC1=CCC(CO)(C2C3CCC(C3)C2(C)C)CCC1. The first-order valence-electron chi connectivity index (χ1n) is 8.26. The van der Waals surface area contributed by atoms with Crippen molar-refractivity contribution in [3.63, 3.8) is 0 Å². The van der Waals surface area contributed by atoms with E-state index in [2.05, 4.69) is 26.8 Å². The van der Waals surface area contributed by atoms with E-state index < -0.39 is 0 Å². The van der Waals surface area contributed by atoms with Crippen molar-refractivity contribution in [2.45, 2.75) is 65.7 Å². The normalized spacial score (nSPS) is 45.1. The fourth-order valence-corrected chi connectivity index (χ4v) is 5.97. The zero-order valence-electron chi connectivity index (χ0n) is 12.9. The van der Waals surface area contributed by atoms with Gasteiger partial charge in [0, 0.05) is 12.0 Å². The van der Waals surface area contributed by atoms with Gasteiger partial charge in [0.25, 0.3) is 0 Å². The molecule has 0 heterocycles. The van der Waals surface area contributed by atoms with Crippen molar-refractivity contribution >= 4 is 0 Å². The van der Waals surface area contributed by atoms with Gasteiger partial charge >= 0.3 is 0 Å². The molecule has 1 N–H and O–H groups in total. The second kappa shape index (κ2) is 4.62. The topological polar surface area (TPSA) is 20.2 Å². The molecule has 3 aliphatic carbocycles. The molecule has 2 fully saturated rings. The van der Waals surface area contributed by atoms with E-state index in [1.54, 1.807) is 0 Å². The van der Waals surface area contributed by atoms with Crippen molar-refractivity contribution in [3.05, 3.63) is 11.6 Å². The Balaban J connectivity index is 1.93. The standard InChI is InChI=1S/C18H30O/c1-13-5-4-9-18(12-19,10-8-13)16-14-6-7-15(11-14)17(16,2)3/h8,14-16,19H,4-7,9-12H2,1-3H3. The number of rotatable bonds is 2. The average molecular weight is 262 g/mol. The van der Waals surface area contributed by atoms with Gasteiger partial charge in [0.2, 0.25) is 0 Å². The van der Waals surface area contributed by atoms with Crippen LogP contribution in [0.5, 0.6) is 0 Å². The molecule has 0 aromatic heterocycles. The van der Waals surface area contributed by atoms with Crippen LogP contribution in [0.3, 0.4) is 0 Å². The van der Waals surface area contributed by atoms with Gasteiger partial charge in [0.15, 0.2) is 0 Å². The number of hydrogen-bond donors (Lipinski definition) is 1. The van der Waals surface area contributed by atoms with Crippen LogP contribution in [-0.4, -0.2) is 11.7 Å². The first-order chi connectivity index (χ1) is 8.99. The van der Waals surface area contributed by atoms with Crippen LogP contribution < -0.4 is 0 Å². The van der Waals surface area contributed by atoms with Gasteiger partial charge in [-0.15, -0.1) is 0 Å². The van der Waals surface area contributed by atoms with Gasteiger partial charge in [-0.2, -0.15) is 0 Å². The first kappa shape index (κ1) is 13.7. The predicted molar refractivity (Wildman–Crippen MR) is 79.8 cm³/mol. The summed E-state index contributed by atoms with van der Waals surface area (Å²) in [6.45, 7) is 7.63. The number of fused-ring (bicyclic) bond motifs is 2. The lowest BCUT2D eigenvalue weighted by Gasteiger charge is -2.50. The van der Waals surface area contributed by atoms with E-state index in [1.165, 1.54) is 44.1 Å². The molecular formula is C18H30O. The van der Waals surface area contributed by atoms with Gasteiger partial charge in [-0.1, -0.05) is 25.5 Å². The third kappa shape index (κ3) is 2.00. The van der Waals surface area contributed by atoms with Gasteiger partial charge in [-0.05, 0) is 75.0 Å². The lowest BCUT2D eigenvalue weighted by molar-refractivity contribution is -0.0425. The predicted octanol–water partition coefficient (Wildman–Crippen LogP) is 4.56. The molecule has 0 aliphatic heterocycles. The molecule has 4 unspecified atom stereocenters. The largest absolute Gasteiger partial charge is 0.396 e. The molecule has 0 radical (unpaired) electrons. The Morgan fingerprint density at radius 1 is 1.32 bits per heavy atom. The number of hydrogen-bond acceptors (Lipinski definition) is 1. The molecule has 19 heavy (non-hydrogen) atoms. The van der Waals surface area contributed by atoms with E-state index in [0.29, 0.717) is 12.0 Å². The summed E-state index contributed by atoms with van der Waals surface area (Å²) in [6.07, 6.45) is 11.6. The molecule has 1 heteroatoms. The molecule has 2 saturated carbocycles. The molecule has 4 atom stereocenters. The van der Waals surface area contributed by atoms with Gasteiger partial charge in [-0.25, -0.2) is 0 Å². The number of aliphatic hydroxyl groups excluding tert-OH is 1. The molecule has 3 aliphatic rings. The molecule has 0 aromatic carbocycles. The Labute approximate surface area is 118 Å². The van der Waals surface area contributed by atoms with E-state index in [-0.39, 0.29) is 5.41 Å². The highest BCUT2D eigenvalue weighted by atomic mass is 16.3. The summed E-state index contributed by atoms with van der Waals surface area (Å²) in [5, 5.41) is 10.2. The number of aliphatic hydroxyl groups is 1. The van der Waals surface area contributed by atoms with Crippen LogP contribution in [0.2, 0.25) is 0 Å². The summed E-state index contributed by atoms with van der Waals surface area (Å²) >= 11 is 0. The molecule has 3 rings (SSSR count). The molecule has 108 valence electrons. The smallest absolute Gasteiger partial charge is 0.0493 e. The third-order valence-corrected chi connectivity index (χ3v) is 6.88. The van der Waals surface area contributed by atoms with Crippen molar-refractivity contribution in [1.29, 1.82) is 0 Å². The Morgan fingerprint density at radius 3 is 2.74 bits per heavy atom. The van der Waals surface area contributed by atoms with E-state index in [0.717, 1.165) is 24.2 Å². The first-order valence-corrected chi connectivity index (χ1v) is 8.26. The maximum atomic E-state index is 10.2. The summed E-state index contributed by atoms with van der Waals surface area (Å²) in [6, 6.07) is 0. The van der Waals surface area contributed by atoms with Crippen molar-refractivity contribution in [3.8, 4) is 0 Å². The Hall–Kier alpha value is -0.300. The van der Waals surface area contributed by atoms with Gasteiger partial charge < -0.3 is 5.11 Å². The maximum absolute atomic E-state index is 10.2. The molecular weight excluding hydrogens is 232 g/mol. The van der Waals surface area contributed by atoms with Crippen LogP contribution in [0.25, 0.3) is 0 Å². The zero-order chi connectivity index (χ0) is 13.7. The monoisotopic (exact) mass is 262 g/mol. The minimum atomic E-state index is 0.182. The lowest BCUT2D eigenvalue weighted by Crippen LogP contribution is -2.45. The van der Waals surface area contributed by atoms with Gasteiger partial charge in [0.1, 0.15) is 0 Å². The molecule has 0 amide bonds. The fraction of sp³-hybridized carbons (Fsp3) is 0.889. The third-order valence-electron chi connectivity index (χ3n) is 6.88. The highest BCUT2D eigenvalue weighted by Crippen LogP contribution is 2.66. The Kier molecular flexibility index (Phi) is 3.32. The summed E-state index contributed by atoms with van der Waals surface area (Å²) in [7, 11) is 0. The highest BCUT2D eigenvalue weighted by molar-refractivity contribution is 5.12. The zero-order valence-corrected chi connectivity index (χ0v) is 12.9. The molecule has 2 bridgehead atoms. The highest BCUT2D eigenvalue weighted by Gasteiger charge is 2.59. The van der Waals surface area contributed by atoms with Crippen LogP contribution in [0, 0.1) is 28.6 Å². The second-order valence-corrected chi connectivity index (χ2v) is 8.20. The van der Waals surface area contributed by atoms with Gasteiger partial charge in [0.05, 0.1) is 0 Å². The van der Waals surface area contributed by atoms with Crippen molar-refractivity contribution in [2.75, 3.05) is 6.61 Å². The number of allylic oxidation sites excluding steroid dienone is 2. The van der Waals surface area contributed by atoms with E-state index in [1.807, 2.05) is 0 Å². The summed E-state index contributed by atoms with van der Waals surface area (Å²) in [5.41, 5.74) is 2.16. The molecule has 1 nitrogen and oxygen atoms in total. The minimum Gasteiger partial charge on any atom is -0.396 e. The molecule has 0 spiro atoms. The Morgan fingerprint density at radius 2 is 2.11 bits per heavy atom. The fourth-order valence-electron chi connectivity index (χ4n) is 5.97. The Bertz CT molecular complexity index is 381. The van der Waals surface area contributed by atoms with Crippen molar-refractivity contribution < 1.29 is 5.11 Å². The van der Waals surface area contributed by atoms with Crippen LogP contribution in [0.1, 0.15) is 65.7 Å². The minimum absolute atomic E-state index is 0.182. The van der Waals surface area contributed by atoms with E-state index in [4.69, 9.17) is 0 Å². The second-order valence-electron chi connectivity index (χ2n) is 8.20. The lowest BCUT2D eigenvalue weighted by atomic mass is 9.55. The quantitative estimate of drug-likeness (QED) is 0.723.